The lowest BCUT2D eigenvalue weighted by Crippen LogP contribution is -2.22. The number of halogens is 2. The summed E-state index contributed by atoms with van der Waals surface area (Å²) in [5, 5.41) is 3.17. The molecule has 0 aliphatic carbocycles. The van der Waals surface area contributed by atoms with Gasteiger partial charge in [-0.25, -0.2) is 0 Å². The third-order valence-corrected chi connectivity index (χ3v) is 2.43. The van der Waals surface area contributed by atoms with Crippen LogP contribution < -0.4 is 14.8 Å². The van der Waals surface area contributed by atoms with Crippen LogP contribution in [0.25, 0.3) is 0 Å². The number of ether oxygens (including phenoxy) is 2. The quantitative estimate of drug-likeness (QED) is 0.785. The first kappa shape index (κ1) is 15.7. The Morgan fingerprint density at radius 1 is 1.26 bits per heavy atom. The Balaban J connectivity index is 2.82. The van der Waals surface area contributed by atoms with Crippen molar-refractivity contribution >= 4 is 0 Å². The van der Waals surface area contributed by atoms with E-state index in [2.05, 4.69) is 10.1 Å². The van der Waals surface area contributed by atoms with Crippen LogP contribution in [0, 0.1) is 0 Å². The fourth-order valence-electron chi connectivity index (χ4n) is 1.51. The SMILES string of the molecule is CCCOc1ccc(CNC(C)C)c(OC(F)F)c1. The predicted molar refractivity (Wildman–Crippen MR) is 70.8 cm³/mol. The molecule has 1 aromatic carbocycles. The second kappa shape index (κ2) is 7.94. The van der Waals surface area contributed by atoms with Gasteiger partial charge in [-0.05, 0) is 12.5 Å². The molecule has 0 spiro atoms. The van der Waals surface area contributed by atoms with Crippen LogP contribution in [0.5, 0.6) is 11.5 Å². The van der Waals surface area contributed by atoms with E-state index in [0.29, 0.717) is 24.5 Å². The lowest BCUT2D eigenvalue weighted by molar-refractivity contribution is -0.0506. The minimum Gasteiger partial charge on any atom is -0.493 e. The third kappa shape index (κ3) is 5.87. The van der Waals surface area contributed by atoms with Gasteiger partial charge < -0.3 is 14.8 Å². The van der Waals surface area contributed by atoms with Crippen LogP contribution in [0.3, 0.4) is 0 Å². The van der Waals surface area contributed by atoms with Crippen molar-refractivity contribution in [2.75, 3.05) is 6.61 Å². The summed E-state index contributed by atoms with van der Waals surface area (Å²) in [6.45, 7) is 4.17. The fourth-order valence-corrected chi connectivity index (χ4v) is 1.51. The van der Waals surface area contributed by atoms with Crippen LogP contribution in [-0.4, -0.2) is 19.3 Å². The van der Waals surface area contributed by atoms with Crippen LogP contribution >= 0.6 is 0 Å². The van der Waals surface area contributed by atoms with Gasteiger partial charge in [-0.3, -0.25) is 0 Å². The summed E-state index contributed by atoms with van der Waals surface area (Å²) < 4.78 is 34.8. The zero-order valence-corrected chi connectivity index (χ0v) is 11.6. The molecule has 108 valence electrons. The summed E-state index contributed by atoms with van der Waals surface area (Å²) in [5.74, 6) is 0.711. The van der Waals surface area contributed by atoms with Gasteiger partial charge in [0.25, 0.3) is 0 Å². The van der Waals surface area contributed by atoms with E-state index in [9.17, 15) is 8.78 Å². The largest absolute Gasteiger partial charge is 0.493 e. The topological polar surface area (TPSA) is 30.5 Å². The van der Waals surface area contributed by atoms with Gasteiger partial charge in [0.1, 0.15) is 11.5 Å². The molecule has 1 aromatic rings. The lowest BCUT2D eigenvalue weighted by atomic mass is 10.2. The molecule has 1 N–H and O–H groups in total. The molecule has 0 saturated heterocycles. The Hall–Kier alpha value is -1.36. The van der Waals surface area contributed by atoms with Crippen molar-refractivity contribution in [3.8, 4) is 11.5 Å². The summed E-state index contributed by atoms with van der Waals surface area (Å²) in [6, 6.07) is 5.30. The van der Waals surface area contributed by atoms with E-state index in [-0.39, 0.29) is 11.8 Å². The Labute approximate surface area is 112 Å². The first-order chi connectivity index (χ1) is 9.02. The number of hydrogen-bond donors (Lipinski definition) is 1. The number of rotatable bonds is 8. The van der Waals surface area contributed by atoms with Gasteiger partial charge >= 0.3 is 6.61 Å². The van der Waals surface area contributed by atoms with Gasteiger partial charge in [0.15, 0.2) is 0 Å². The molecule has 0 aliphatic heterocycles. The van der Waals surface area contributed by atoms with Crippen molar-refractivity contribution in [1.29, 1.82) is 0 Å². The summed E-state index contributed by atoms with van der Waals surface area (Å²) in [4.78, 5) is 0. The van der Waals surface area contributed by atoms with Crippen molar-refractivity contribution in [3.05, 3.63) is 23.8 Å². The van der Waals surface area contributed by atoms with Crippen LogP contribution in [0.1, 0.15) is 32.8 Å². The minimum absolute atomic E-state index is 0.164. The standard InChI is InChI=1S/C14H21F2NO2/c1-4-7-18-12-6-5-11(9-17-10(2)3)13(8-12)19-14(15)16/h5-6,8,10,14,17H,4,7,9H2,1-3H3. The smallest absolute Gasteiger partial charge is 0.387 e. The van der Waals surface area contributed by atoms with Crippen molar-refractivity contribution in [3.63, 3.8) is 0 Å². The molecule has 0 atom stereocenters. The van der Waals surface area contributed by atoms with Crippen molar-refractivity contribution in [2.24, 2.45) is 0 Å². The van der Waals surface area contributed by atoms with Gasteiger partial charge in [0.05, 0.1) is 6.61 Å². The maximum Gasteiger partial charge on any atom is 0.387 e. The molecule has 0 aliphatic rings. The monoisotopic (exact) mass is 273 g/mol. The normalized spacial score (nSPS) is 11.1. The zero-order valence-electron chi connectivity index (χ0n) is 11.6. The third-order valence-electron chi connectivity index (χ3n) is 2.43. The molecular formula is C14H21F2NO2. The highest BCUT2D eigenvalue weighted by atomic mass is 19.3. The maximum atomic E-state index is 12.4. The van der Waals surface area contributed by atoms with E-state index in [1.165, 1.54) is 6.07 Å². The first-order valence-corrected chi connectivity index (χ1v) is 6.46. The highest BCUT2D eigenvalue weighted by Crippen LogP contribution is 2.26. The minimum atomic E-state index is -2.83. The summed E-state index contributed by atoms with van der Waals surface area (Å²) in [7, 11) is 0. The Bertz CT molecular complexity index is 384. The maximum absolute atomic E-state index is 12.4. The molecule has 0 bridgehead atoms. The number of alkyl halides is 2. The molecule has 0 saturated carbocycles. The molecule has 0 radical (unpaired) electrons. The van der Waals surface area contributed by atoms with Crippen LogP contribution in [-0.2, 0) is 6.54 Å². The van der Waals surface area contributed by atoms with Gasteiger partial charge in [-0.1, -0.05) is 26.8 Å². The Morgan fingerprint density at radius 3 is 2.58 bits per heavy atom. The van der Waals surface area contributed by atoms with Gasteiger partial charge in [0, 0.05) is 24.2 Å². The van der Waals surface area contributed by atoms with Gasteiger partial charge in [-0.2, -0.15) is 8.78 Å². The Kier molecular flexibility index (Phi) is 6.56. The summed E-state index contributed by atoms with van der Waals surface area (Å²) >= 11 is 0. The molecule has 1 rings (SSSR count). The molecular weight excluding hydrogens is 252 g/mol. The lowest BCUT2D eigenvalue weighted by Gasteiger charge is -2.15. The average molecular weight is 273 g/mol. The van der Waals surface area contributed by atoms with E-state index in [0.717, 1.165) is 6.42 Å². The van der Waals surface area contributed by atoms with E-state index in [1.54, 1.807) is 12.1 Å². The second-order valence-electron chi connectivity index (χ2n) is 4.53. The number of nitrogens with one attached hydrogen (secondary N) is 1. The van der Waals surface area contributed by atoms with E-state index in [4.69, 9.17) is 4.74 Å². The molecule has 5 heteroatoms. The van der Waals surface area contributed by atoms with Crippen LogP contribution in [0.2, 0.25) is 0 Å². The zero-order chi connectivity index (χ0) is 14.3. The van der Waals surface area contributed by atoms with Gasteiger partial charge in [-0.15, -0.1) is 0 Å². The van der Waals surface area contributed by atoms with Gasteiger partial charge in [0.2, 0.25) is 0 Å². The highest BCUT2D eigenvalue weighted by Gasteiger charge is 2.11. The molecule has 3 nitrogen and oxygen atoms in total. The number of hydrogen-bond acceptors (Lipinski definition) is 3. The summed E-state index contributed by atoms with van der Waals surface area (Å²) in [5.41, 5.74) is 0.692. The average Bonchev–Trinajstić information content (AvgIpc) is 2.34. The Morgan fingerprint density at radius 2 is 2.00 bits per heavy atom. The molecule has 0 amide bonds. The van der Waals surface area contributed by atoms with Crippen molar-refractivity contribution in [1.82, 2.24) is 5.32 Å². The highest BCUT2D eigenvalue weighted by molar-refractivity contribution is 5.40. The van der Waals surface area contributed by atoms with Crippen molar-refractivity contribution < 1.29 is 18.3 Å². The first-order valence-electron chi connectivity index (χ1n) is 6.46. The number of benzene rings is 1. The molecule has 0 aromatic heterocycles. The second-order valence-corrected chi connectivity index (χ2v) is 4.53. The predicted octanol–water partition coefficient (Wildman–Crippen LogP) is 3.57. The van der Waals surface area contributed by atoms with E-state index in [1.807, 2.05) is 20.8 Å². The van der Waals surface area contributed by atoms with Crippen LogP contribution in [0.4, 0.5) is 8.78 Å². The summed E-state index contributed by atoms with van der Waals surface area (Å²) in [6.07, 6.45) is 0.863. The fraction of sp³-hybridized carbons (Fsp3) is 0.571. The molecule has 0 fully saturated rings. The van der Waals surface area contributed by atoms with Crippen LogP contribution in [0.15, 0.2) is 18.2 Å². The van der Waals surface area contributed by atoms with E-state index >= 15 is 0 Å². The molecule has 0 heterocycles. The van der Waals surface area contributed by atoms with E-state index < -0.39 is 6.61 Å². The molecule has 19 heavy (non-hydrogen) atoms. The van der Waals surface area contributed by atoms with Crippen molar-refractivity contribution in [2.45, 2.75) is 46.4 Å². The molecule has 0 unspecified atom stereocenters.